The number of amides is 1. The molecule has 1 amide bonds. The number of primary amides is 1. The van der Waals surface area contributed by atoms with E-state index < -0.39 is 0 Å². The van der Waals surface area contributed by atoms with E-state index in [0.29, 0.717) is 11.6 Å². The lowest BCUT2D eigenvalue weighted by molar-refractivity contribution is 0.100. The Morgan fingerprint density at radius 1 is 1.08 bits per heavy atom. The number of aryl methyl sites for hydroxylation is 1. The number of nitrogens with two attached hydrogens (primary N) is 1. The third-order valence-corrected chi connectivity index (χ3v) is 5.96. The molecule has 3 heteroatoms. The largest absolute Gasteiger partial charge is 0.366 e. The van der Waals surface area contributed by atoms with Crippen molar-refractivity contribution in [2.24, 2.45) is 5.73 Å². The van der Waals surface area contributed by atoms with Crippen LogP contribution in [0.25, 0.3) is 11.1 Å². The van der Waals surface area contributed by atoms with Crippen LogP contribution in [0.15, 0.2) is 42.5 Å². The molecule has 2 aliphatic rings. The lowest BCUT2D eigenvalue weighted by atomic mass is 9.85. The van der Waals surface area contributed by atoms with Gasteiger partial charge in [0.25, 0.3) is 0 Å². The van der Waals surface area contributed by atoms with Crippen molar-refractivity contribution >= 4 is 5.91 Å². The summed E-state index contributed by atoms with van der Waals surface area (Å²) in [6.07, 6.45) is 6.26. The molecule has 0 saturated carbocycles. The van der Waals surface area contributed by atoms with Crippen molar-refractivity contribution in [3.63, 3.8) is 0 Å². The average molecular weight is 334 g/mol. The summed E-state index contributed by atoms with van der Waals surface area (Å²) in [5.74, 6) is -0.373. The van der Waals surface area contributed by atoms with Crippen molar-refractivity contribution in [3.8, 4) is 11.1 Å². The van der Waals surface area contributed by atoms with Crippen LogP contribution in [0.3, 0.4) is 0 Å². The van der Waals surface area contributed by atoms with E-state index in [1.165, 1.54) is 48.9 Å². The van der Waals surface area contributed by atoms with Gasteiger partial charge in [-0.3, -0.25) is 9.69 Å². The molecule has 2 N–H and O–H groups in total. The second-order valence-electron chi connectivity index (χ2n) is 7.55. The molecule has 3 nitrogen and oxygen atoms in total. The topological polar surface area (TPSA) is 46.3 Å². The molecular formula is C22H26N2O. The van der Waals surface area contributed by atoms with E-state index in [9.17, 15) is 4.79 Å². The van der Waals surface area contributed by atoms with Gasteiger partial charge in [0, 0.05) is 17.6 Å². The van der Waals surface area contributed by atoms with Crippen LogP contribution in [0.2, 0.25) is 0 Å². The molecule has 4 rings (SSSR count). The van der Waals surface area contributed by atoms with E-state index in [2.05, 4.69) is 30.0 Å². The lowest BCUT2D eigenvalue weighted by Crippen LogP contribution is -2.41. The summed E-state index contributed by atoms with van der Waals surface area (Å²) in [5, 5.41) is 0. The van der Waals surface area contributed by atoms with Gasteiger partial charge in [0.2, 0.25) is 5.91 Å². The first kappa shape index (κ1) is 16.3. The number of benzene rings is 2. The van der Waals surface area contributed by atoms with Crippen molar-refractivity contribution in [2.75, 3.05) is 6.54 Å². The summed E-state index contributed by atoms with van der Waals surface area (Å²) in [6, 6.07) is 15.8. The minimum absolute atomic E-state index is 0.373. The summed E-state index contributed by atoms with van der Waals surface area (Å²) >= 11 is 0. The van der Waals surface area contributed by atoms with Crippen LogP contribution in [0.4, 0.5) is 0 Å². The van der Waals surface area contributed by atoms with Gasteiger partial charge in [-0.25, -0.2) is 0 Å². The number of fused-ring (bicyclic) bond motifs is 1. The van der Waals surface area contributed by atoms with E-state index in [1.54, 1.807) is 6.07 Å². The van der Waals surface area contributed by atoms with Gasteiger partial charge in [-0.15, -0.1) is 0 Å². The Morgan fingerprint density at radius 3 is 2.68 bits per heavy atom. The molecule has 1 aliphatic carbocycles. The molecule has 1 aliphatic heterocycles. The SMILES string of the molecule is C[C@@H]1CCCN1[C@@H]1CCc2cc(-c3cccc(C(N)=O)c3)ccc2C1. The standard InChI is InChI=1S/C22H26N2O/c1-15-4-3-11-24(15)21-10-9-18-12-17(7-8-19(18)14-21)16-5-2-6-20(13-16)22(23)25/h2,5-8,12-13,15,21H,3-4,9-11,14H2,1H3,(H2,23,25)/t15-,21-/m1/s1. The Kier molecular flexibility index (Phi) is 4.34. The highest BCUT2D eigenvalue weighted by molar-refractivity contribution is 5.94. The van der Waals surface area contributed by atoms with E-state index in [1.807, 2.05) is 18.2 Å². The molecular weight excluding hydrogens is 308 g/mol. The molecule has 130 valence electrons. The van der Waals surface area contributed by atoms with E-state index >= 15 is 0 Å². The van der Waals surface area contributed by atoms with Crippen LogP contribution >= 0.6 is 0 Å². The Labute approximate surface area is 149 Å². The highest BCUT2D eigenvalue weighted by Gasteiger charge is 2.30. The molecule has 0 radical (unpaired) electrons. The second kappa shape index (κ2) is 6.64. The Morgan fingerprint density at radius 2 is 1.92 bits per heavy atom. The second-order valence-corrected chi connectivity index (χ2v) is 7.55. The van der Waals surface area contributed by atoms with Crippen molar-refractivity contribution in [1.82, 2.24) is 4.90 Å². The van der Waals surface area contributed by atoms with Gasteiger partial charge in [0.05, 0.1) is 0 Å². The molecule has 0 aromatic heterocycles. The molecule has 1 heterocycles. The normalized spacial score (nSPS) is 23.4. The third kappa shape index (κ3) is 3.21. The highest BCUT2D eigenvalue weighted by atomic mass is 16.1. The van der Waals surface area contributed by atoms with Gasteiger partial charge in [-0.05, 0) is 80.0 Å². The summed E-state index contributed by atoms with van der Waals surface area (Å²) < 4.78 is 0. The third-order valence-electron chi connectivity index (χ3n) is 5.96. The smallest absolute Gasteiger partial charge is 0.248 e. The summed E-state index contributed by atoms with van der Waals surface area (Å²) in [5.41, 5.74) is 11.2. The van der Waals surface area contributed by atoms with E-state index in [4.69, 9.17) is 5.73 Å². The number of hydrogen-bond acceptors (Lipinski definition) is 2. The fourth-order valence-electron chi connectivity index (χ4n) is 4.55. The average Bonchev–Trinajstić information content (AvgIpc) is 3.07. The highest BCUT2D eigenvalue weighted by Crippen LogP contribution is 2.32. The van der Waals surface area contributed by atoms with Crippen molar-refractivity contribution in [3.05, 3.63) is 59.2 Å². The molecule has 0 bridgehead atoms. The van der Waals surface area contributed by atoms with Crippen molar-refractivity contribution < 1.29 is 4.79 Å². The summed E-state index contributed by atoms with van der Waals surface area (Å²) in [6.45, 7) is 3.64. The van der Waals surface area contributed by atoms with Crippen LogP contribution in [0.1, 0.15) is 47.7 Å². The van der Waals surface area contributed by atoms with Gasteiger partial charge in [0.1, 0.15) is 0 Å². The molecule has 25 heavy (non-hydrogen) atoms. The zero-order chi connectivity index (χ0) is 17.4. The number of nitrogens with zero attached hydrogens (tertiary/aromatic N) is 1. The Bertz CT molecular complexity index is 798. The maximum Gasteiger partial charge on any atom is 0.248 e. The number of carbonyl (C=O) groups is 1. The molecule has 2 aromatic rings. The van der Waals surface area contributed by atoms with Gasteiger partial charge < -0.3 is 5.73 Å². The van der Waals surface area contributed by atoms with Crippen molar-refractivity contribution in [1.29, 1.82) is 0 Å². The monoisotopic (exact) mass is 334 g/mol. The van der Waals surface area contributed by atoms with Crippen LogP contribution in [-0.4, -0.2) is 29.4 Å². The first-order chi connectivity index (χ1) is 12.1. The van der Waals surface area contributed by atoms with Gasteiger partial charge >= 0.3 is 0 Å². The number of hydrogen-bond donors (Lipinski definition) is 1. The molecule has 2 atom stereocenters. The zero-order valence-corrected chi connectivity index (χ0v) is 14.9. The van der Waals surface area contributed by atoms with Crippen LogP contribution in [-0.2, 0) is 12.8 Å². The fraction of sp³-hybridized carbons (Fsp3) is 0.409. The summed E-state index contributed by atoms with van der Waals surface area (Å²) in [7, 11) is 0. The Hall–Kier alpha value is -2.13. The number of likely N-dealkylation sites (tertiary alicyclic amines) is 1. The number of carbonyl (C=O) groups excluding carboxylic acids is 1. The van der Waals surface area contributed by atoms with Crippen LogP contribution in [0.5, 0.6) is 0 Å². The molecule has 2 aromatic carbocycles. The molecule has 1 fully saturated rings. The van der Waals surface area contributed by atoms with Crippen LogP contribution < -0.4 is 5.73 Å². The predicted molar refractivity (Wildman–Crippen MR) is 102 cm³/mol. The minimum atomic E-state index is -0.373. The Balaban J connectivity index is 1.58. The molecule has 1 saturated heterocycles. The van der Waals surface area contributed by atoms with Gasteiger partial charge in [-0.2, -0.15) is 0 Å². The van der Waals surface area contributed by atoms with Gasteiger partial charge in [-0.1, -0.05) is 30.3 Å². The minimum Gasteiger partial charge on any atom is -0.366 e. The van der Waals surface area contributed by atoms with Crippen LogP contribution in [0, 0.1) is 0 Å². The van der Waals surface area contributed by atoms with E-state index in [0.717, 1.165) is 18.0 Å². The zero-order valence-electron chi connectivity index (χ0n) is 14.9. The summed E-state index contributed by atoms with van der Waals surface area (Å²) in [4.78, 5) is 14.1. The first-order valence-electron chi connectivity index (χ1n) is 9.39. The maximum atomic E-state index is 11.4. The van der Waals surface area contributed by atoms with E-state index in [-0.39, 0.29) is 5.91 Å². The molecule has 0 spiro atoms. The first-order valence-corrected chi connectivity index (χ1v) is 9.39. The fourth-order valence-corrected chi connectivity index (χ4v) is 4.55. The lowest BCUT2D eigenvalue weighted by Gasteiger charge is -2.35. The van der Waals surface area contributed by atoms with Gasteiger partial charge in [0.15, 0.2) is 0 Å². The predicted octanol–water partition coefficient (Wildman–Crippen LogP) is 3.79. The quantitative estimate of drug-likeness (QED) is 0.928. The maximum absolute atomic E-state index is 11.4. The number of rotatable bonds is 3. The molecule has 0 unspecified atom stereocenters. The van der Waals surface area contributed by atoms with Crippen molar-refractivity contribution in [2.45, 2.75) is 51.1 Å².